The number of benzene rings is 1. The van der Waals surface area contributed by atoms with Crippen molar-refractivity contribution >= 4 is 33.3 Å². The molecule has 6 heteroatoms. The molecule has 0 spiro atoms. The Kier molecular flexibility index (Phi) is 4.16. The Balaban J connectivity index is 2.46. The van der Waals surface area contributed by atoms with E-state index in [9.17, 15) is 0 Å². The van der Waals surface area contributed by atoms with Crippen molar-refractivity contribution in [3.05, 3.63) is 39.5 Å². The molecule has 94 valence electrons. The maximum atomic E-state index is 6.05. The van der Waals surface area contributed by atoms with E-state index in [2.05, 4.69) is 25.9 Å². The first-order valence-electron chi connectivity index (χ1n) is 5.18. The molecule has 0 radical (unpaired) electrons. The number of hydrogen-bond acceptors (Lipinski definition) is 4. The lowest BCUT2D eigenvalue weighted by Gasteiger charge is -2.06. The van der Waals surface area contributed by atoms with Gasteiger partial charge in [0, 0.05) is 23.2 Å². The summed E-state index contributed by atoms with van der Waals surface area (Å²) in [5.74, 6) is 0.947. The molecule has 2 N–H and O–H groups in total. The number of nitrogen functional groups attached to an aromatic ring is 1. The number of methoxy groups -OCH3 is 1. The van der Waals surface area contributed by atoms with Crippen molar-refractivity contribution in [2.75, 3.05) is 12.8 Å². The Morgan fingerprint density at radius 1 is 1.33 bits per heavy atom. The van der Waals surface area contributed by atoms with Crippen molar-refractivity contribution in [3.8, 4) is 11.4 Å². The summed E-state index contributed by atoms with van der Waals surface area (Å²) in [5, 5.41) is 0.604. The van der Waals surface area contributed by atoms with Gasteiger partial charge in [0.2, 0.25) is 0 Å². The first-order valence-corrected chi connectivity index (χ1v) is 6.35. The van der Waals surface area contributed by atoms with E-state index < -0.39 is 0 Å². The molecule has 0 aliphatic rings. The third-order valence-corrected chi connectivity index (χ3v) is 3.50. The molecule has 0 aliphatic heterocycles. The second kappa shape index (κ2) is 5.65. The fourth-order valence-corrected chi connectivity index (χ4v) is 1.93. The fourth-order valence-electron chi connectivity index (χ4n) is 1.50. The highest BCUT2D eigenvalue weighted by molar-refractivity contribution is 9.10. The average molecular weight is 329 g/mol. The molecule has 0 amide bonds. The van der Waals surface area contributed by atoms with Crippen LogP contribution in [0.2, 0.25) is 5.02 Å². The Morgan fingerprint density at radius 3 is 2.78 bits per heavy atom. The molecule has 0 saturated carbocycles. The molecule has 0 unspecified atom stereocenters. The van der Waals surface area contributed by atoms with E-state index in [1.165, 1.54) is 0 Å². The number of ether oxygens (including phenoxy) is 1. The van der Waals surface area contributed by atoms with E-state index in [0.29, 0.717) is 23.3 Å². The van der Waals surface area contributed by atoms with E-state index in [-0.39, 0.29) is 0 Å². The van der Waals surface area contributed by atoms with Crippen molar-refractivity contribution in [1.29, 1.82) is 0 Å². The molecule has 4 nitrogen and oxygen atoms in total. The number of aromatic nitrogens is 2. The predicted octanol–water partition coefficient (Wildman–Crippen LogP) is 3.29. The van der Waals surface area contributed by atoms with Crippen LogP contribution in [0.1, 0.15) is 5.69 Å². The van der Waals surface area contributed by atoms with Crippen molar-refractivity contribution in [3.63, 3.8) is 0 Å². The first kappa shape index (κ1) is 13.3. The van der Waals surface area contributed by atoms with Crippen LogP contribution in [0.25, 0.3) is 11.4 Å². The van der Waals surface area contributed by atoms with Gasteiger partial charge in [-0.2, -0.15) is 0 Å². The first-order chi connectivity index (χ1) is 8.60. The number of halogens is 2. The highest BCUT2D eigenvalue weighted by atomic mass is 79.9. The Labute approximate surface area is 118 Å². The summed E-state index contributed by atoms with van der Waals surface area (Å²) in [5.41, 5.74) is 7.29. The summed E-state index contributed by atoms with van der Waals surface area (Å²) < 4.78 is 5.86. The van der Waals surface area contributed by atoms with Gasteiger partial charge in [-0.25, -0.2) is 9.97 Å². The van der Waals surface area contributed by atoms with Crippen LogP contribution in [0, 0.1) is 0 Å². The van der Waals surface area contributed by atoms with E-state index in [0.717, 1.165) is 15.7 Å². The molecular formula is C12H11BrClN3O. The summed E-state index contributed by atoms with van der Waals surface area (Å²) >= 11 is 9.38. The predicted molar refractivity (Wildman–Crippen MR) is 75.3 cm³/mol. The van der Waals surface area contributed by atoms with Crippen molar-refractivity contribution in [2.45, 2.75) is 6.61 Å². The van der Waals surface area contributed by atoms with Crippen molar-refractivity contribution in [2.24, 2.45) is 0 Å². The second-order valence-corrected chi connectivity index (χ2v) is 4.93. The average Bonchev–Trinajstić information content (AvgIpc) is 2.32. The molecule has 0 bridgehead atoms. The summed E-state index contributed by atoms with van der Waals surface area (Å²) in [7, 11) is 1.61. The second-order valence-electron chi connectivity index (χ2n) is 3.67. The normalized spacial score (nSPS) is 10.6. The lowest BCUT2D eigenvalue weighted by atomic mass is 10.2. The third-order valence-electron chi connectivity index (χ3n) is 2.27. The number of hydrogen-bond donors (Lipinski definition) is 1. The topological polar surface area (TPSA) is 61.0 Å². The van der Waals surface area contributed by atoms with Crippen molar-refractivity contribution in [1.82, 2.24) is 9.97 Å². The lowest BCUT2D eigenvalue weighted by molar-refractivity contribution is 0.181. The SMILES string of the molecule is COCc1cc(N)nc(-c2ccc(Br)c(Cl)c2)n1. The minimum Gasteiger partial charge on any atom is -0.384 e. The van der Waals surface area contributed by atoms with Crippen LogP contribution < -0.4 is 5.73 Å². The summed E-state index contributed by atoms with van der Waals surface area (Å²) in [6.45, 7) is 0.393. The van der Waals surface area contributed by atoms with Gasteiger partial charge in [0.05, 0.1) is 17.3 Å². The van der Waals surface area contributed by atoms with Crippen LogP contribution in [0.15, 0.2) is 28.7 Å². The zero-order chi connectivity index (χ0) is 13.1. The van der Waals surface area contributed by atoms with Gasteiger partial charge in [-0.3, -0.25) is 0 Å². The molecule has 2 rings (SSSR count). The number of nitrogens with two attached hydrogens (primary N) is 1. The van der Waals surface area contributed by atoms with Crippen LogP contribution in [0.5, 0.6) is 0 Å². The summed E-state index contributed by atoms with van der Waals surface area (Å²) in [6, 6.07) is 7.20. The number of anilines is 1. The standard InChI is InChI=1S/C12H11BrClN3O/c1-18-6-8-5-11(15)17-12(16-8)7-2-3-9(13)10(14)4-7/h2-5H,6H2,1H3,(H2,15,16,17). The molecule has 1 aromatic carbocycles. The number of nitrogens with zero attached hydrogens (tertiary/aromatic N) is 2. The minimum absolute atomic E-state index is 0.393. The molecule has 18 heavy (non-hydrogen) atoms. The van der Waals surface area contributed by atoms with Gasteiger partial charge in [-0.1, -0.05) is 11.6 Å². The zero-order valence-electron chi connectivity index (χ0n) is 9.65. The number of rotatable bonds is 3. The lowest BCUT2D eigenvalue weighted by Crippen LogP contribution is -2.01. The van der Waals surface area contributed by atoms with Crippen LogP contribution in [-0.2, 0) is 11.3 Å². The summed E-state index contributed by atoms with van der Waals surface area (Å²) in [4.78, 5) is 8.57. The van der Waals surface area contributed by atoms with E-state index in [4.69, 9.17) is 22.1 Å². The maximum absolute atomic E-state index is 6.05. The third kappa shape index (κ3) is 2.98. The van der Waals surface area contributed by atoms with Gasteiger partial charge in [-0.15, -0.1) is 0 Å². The Morgan fingerprint density at radius 2 is 2.11 bits per heavy atom. The van der Waals surface area contributed by atoms with Crippen LogP contribution >= 0.6 is 27.5 Å². The molecule has 2 aromatic rings. The van der Waals surface area contributed by atoms with E-state index in [1.807, 2.05) is 12.1 Å². The van der Waals surface area contributed by atoms with Gasteiger partial charge in [0.1, 0.15) is 5.82 Å². The highest BCUT2D eigenvalue weighted by Crippen LogP contribution is 2.27. The Hall–Kier alpha value is -1.17. The molecular weight excluding hydrogens is 318 g/mol. The fraction of sp³-hybridized carbons (Fsp3) is 0.167. The monoisotopic (exact) mass is 327 g/mol. The maximum Gasteiger partial charge on any atom is 0.161 e. The molecule has 1 aromatic heterocycles. The van der Waals surface area contributed by atoms with E-state index in [1.54, 1.807) is 19.2 Å². The molecule has 0 saturated heterocycles. The molecule has 0 fully saturated rings. The van der Waals surface area contributed by atoms with Crippen molar-refractivity contribution < 1.29 is 4.74 Å². The van der Waals surface area contributed by atoms with Gasteiger partial charge >= 0.3 is 0 Å². The minimum atomic E-state index is 0.393. The van der Waals surface area contributed by atoms with Gasteiger partial charge in [0.25, 0.3) is 0 Å². The van der Waals surface area contributed by atoms with Gasteiger partial charge in [-0.05, 0) is 34.1 Å². The van der Waals surface area contributed by atoms with Gasteiger partial charge in [0.15, 0.2) is 5.82 Å². The van der Waals surface area contributed by atoms with Crippen LogP contribution in [0.4, 0.5) is 5.82 Å². The molecule has 1 heterocycles. The van der Waals surface area contributed by atoms with Crippen LogP contribution in [-0.4, -0.2) is 17.1 Å². The molecule has 0 aliphatic carbocycles. The quantitative estimate of drug-likeness (QED) is 0.939. The zero-order valence-corrected chi connectivity index (χ0v) is 12.0. The van der Waals surface area contributed by atoms with Crippen LogP contribution in [0.3, 0.4) is 0 Å². The molecule has 0 atom stereocenters. The largest absolute Gasteiger partial charge is 0.384 e. The Bertz CT molecular complexity index is 577. The van der Waals surface area contributed by atoms with E-state index >= 15 is 0 Å². The van der Waals surface area contributed by atoms with Gasteiger partial charge < -0.3 is 10.5 Å². The summed E-state index contributed by atoms with van der Waals surface area (Å²) in [6.07, 6.45) is 0. The smallest absolute Gasteiger partial charge is 0.161 e. The highest BCUT2D eigenvalue weighted by Gasteiger charge is 2.07.